The van der Waals surface area contributed by atoms with Crippen molar-refractivity contribution in [3.8, 4) is 0 Å². The molecule has 0 spiro atoms. The summed E-state index contributed by atoms with van der Waals surface area (Å²) in [5, 5.41) is 3.14. The third-order valence-corrected chi connectivity index (χ3v) is 3.32. The average molecular weight is 265 g/mol. The molecule has 0 aliphatic carbocycles. The maximum absolute atomic E-state index is 13.3. The molecule has 4 nitrogen and oxygen atoms in total. The fraction of sp³-hybridized carbons (Fsp3) is 0.500. The van der Waals surface area contributed by atoms with Crippen LogP contribution in [0.25, 0.3) is 0 Å². The van der Waals surface area contributed by atoms with Crippen LogP contribution in [0.2, 0.25) is 0 Å². The van der Waals surface area contributed by atoms with Crippen molar-refractivity contribution in [3.05, 3.63) is 29.6 Å². The predicted octanol–water partition coefficient (Wildman–Crippen LogP) is 1.04. The molecule has 1 aromatic rings. The normalized spacial score (nSPS) is 15.7. The van der Waals surface area contributed by atoms with Gasteiger partial charge in [0.2, 0.25) is 5.91 Å². The van der Waals surface area contributed by atoms with E-state index in [1.807, 2.05) is 18.7 Å². The van der Waals surface area contributed by atoms with Crippen LogP contribution >= 0.6 is 0 Å². The number of primary amides is 1. The van der Waals surface area contributed by atoms with Crippen molar-refractivity contribution in [1.82, 2.24) is 5.32 Å². The van der Waals surface area contributed by atoms with Crippen molar-refractivity contribution >= 4 is 11.6 Å². The zero-order chi connectivity index (χ0) is 14.0. The van der Waals surface area contributed by atoms with Gasteiger partial charge in [0.25, 0.3) is 0 Å². The lowest BCUT2D eigenvalue weighted by atomic mass is 10.1. The van der Waals surface area contributed by atoms with E-state index in [0.29, 0.717) is 6.54 Å². The number of nitrogens with two attached hydrogens (primary N) is 1. The van der Waals surface area contributed by atoms with Gasteiger partial charge in [0, 0.05) is 24.8 Å². The first-order chi connectivity index (χ1) is 8.97. The van der Waals surface area contributed by atoms with Gasteiger partial charge in [0.15, 0.2) is 0 Å². The Balaban J connectivity index is 2.12. The Labute approximate surface area is 112 Å². The lowest BCUT2D eigenvalue weighted by molar-refractivity contribution is -0.119. The van der Waals surface area contributed by atoms with Gasteiger partial charge in [-0.15, -0.1) is 0 Å². The number of rotatable bonds is 5. The number of benzene rings is 1. The number of anilines is 1. The Morgan fingerprint density at radius 2 is 2.26 bits per heavy atom. The largest absolute Gasteiger partial charge is 0.369 e. The Kier molecular flexibility index (Phi) is 4.04. The van der Waals surface area contributed by atoms with Crippen LogP contribution < -0.4 is 16.0 Å². The fourth-order valence-electron chi connectivity index (χ4n) is 2.46. The molecule has 0 saturated heterocycles. The summed E-state index contributed by atoms with van der Waals surface area (Å²) in [5.74, 6) is -0.628. The molecular formula is C14H20FN3O. The van der Waals surface area contributed by atoms with Gasteiger partial charge in [-0.25, -0.2) is 4.39 Å². The summed E-state index contributed by atoms with van der Waals surface area (Å²) < 4.78 is 13.3. The van der Waals surface area contributed by atoms with Gasteiger partial charge in [-0.3, -0.25) is 4.79 Å². The second kappa shape index (κ2) is 5.57. The van der Waals surface area contributed by atoms with Crippen molar-refractivity contribution in [1.29, 1.82) is 0 Å². The lowest BCUT2D eigenvalue weighted by Crippen LogP contribution is -2.51. The minimum absolute atomic E-state index is 0.173. The summed E-state index contributed by atoms with van der Waals surface area (Å²) in [4.78, 5) is 13.5. The molecule has 1 aliphatic rings. The fourth-order valence-corrected chi connectivity index (χ4v) is 2.46. The molecule has 0 saturated carbocycles. The number of carbonyl (C=O) groups is 1. The molecule has 0 bridgehead atoms. The standard InChI is InChI=1S/C14H20FN3O/c1-9(2)17-12(14(16)19)8-18-6-5-10-3-4-11(15)7-13(10)18/h3-4,7,9,12,17H,5-6,8H2,1-2H3,(H2,16,19). The third-order valence-electron chi connectivity index (χ3n) is 3.32. The highest BCUT2D eigenvalue weighted by Crippen LogP contribution is 2.28. The van der Waals surface area contributed by atoms with Crippen LogP contribution in [0.5, 0.6) is 0 Å². The number of carbonyl (C=O) groups excluding carboxylic acids is 1. The topological polar surface area (TPSA) is 58.4 Å². The van der Waals surface area contributed by atoms with E-state index in [1.54, 1.807) is 6.07 Å². The molecule has 1 unspecified atom stereocenters. The summed E-state index contributed by atoms with van der Waals surface area (Å²) in [7, 11) is 0. The first-order valence-corrected chi connectivity index (χ1v) is 6.56. The smallest absolute Gasteiger partial charge is 0.236 e. The van der Waals surface area contributed by atoms with Gasteiger partial charge in [0.05, 0.1) is 0 Å². The van der Waals surface area contributed by atoms with Crippen molar-refractivity contribution in [2.24, 2.45) is 5.73 Å². The van der Waals surface area contributed by atoms with E-state index in [-0.39, 0.29) is 17.8 Å². The predicted molar refractivity (Wildman–Crippen MR) is 73.6 cm³/mol. The van der Waals surface area contributed by atoms with Gasteiger partial charge >= 0.3 is 0 Å². The minimum atomic E-state index is -0.422. The SMILES string of the molecule is CC(C)NC(CN1CCc2ccc(F)cc21)C(N)=O. The van der Waals surface area contributed by atoms with Crippen LogP contribution in [0, 0.1) is 5.82 Å². The van der Waals surface area contributed by atoms with Crippen molar-refractivity contribution in [3.63, 3.8) is 0 Å². The van der Waals surface area contributed by atoms with E-state index < -0.39 is 6.04 Å². The van der Waals surface area contributed by atoms with Gasteiger partial charge in [-0.05, 0) is 24.1 Å². The summed E-state index contributed by atoms with van der Waals surface area (Å²) in [6.45, 7) is 5.20. The molecule has 19 heavy (non-hydrogen) atoms. The second-order valence-corrected chi connectivity index (χ2v) is 5.25. The van der Waals surface area contributed by atoms with Gasteiger partial charge in [-0.1, -0.05) is 19.9 Å². The minimum Gasteiger partial charge on any atom is -0.369 e. The highest BCUT2D eigenvalue weighted by atomic mass is 19.1. The zero-order valence-electron chi connectivity index (χ0n) is 11.3. The summed E-state index contributed by atoms with van der Waals surface area (Å²) in [5.41, 5.74) is 7.40. The van der Waals surface area contributed by atoms with Crippen LogP contribution in [0.3, 0.4) is 0 Å². The number of fused-ring (bicyclic) bond motifs is 1. The molecular weight excluding hydrogens is 245 g/mol. The number of nitrogens with zero attached hydrogens (tertiary/aromatic N) is 1. The van der Waals surface area contributed by atoms with Gasteiger partial charge < -0.3 is 16.0 Å². The van der Waals surface area contributed by atoms with E-state index in [2.05, 4.69) is 5.32 Å². The molecule has 0 fully saturated rings. The van der Waals surface area contributed by atoms with Crippen LogP contribution in [0.15, 0.2) is 18.2 Å². The summed E-state index contributed by atoms with van der Waals surface area (Å²) in [6.07, 6.45) is 0.878. The maximum Gasteiger partial charge on any atom is 0.236 e. The maximum atomic E-state index is 13.3. The van der Waals surface area contributed by atoms with Crippen molar-refractivity contribution in [2.75, 3.05) is 18.0 Å². The molecule has 1 aliphatic heterocycles. The molecule has 104 valence electrons. The van der Waals surface area contributed by atoms with Gasteiger partial charge in [-0.2, -0.15) is 0 Å². The van der Waals surface area contributed by atoms with Crippen LogP contribution in [-0.4, -0.2) is 31.1 Å². The molecule has 0 aromatic heterocycles. The Morgan fingerprint density at radius 3 is 2.89 bits per heavy atom. The Morgan fingerprint density at radius 1 is 1.53 bits per heavy atom. The summed E-state index contributed by atoms with van der Waals surface area (Å²) >= 11 is 0. The molecule has 1 atom stereocenters. The van der Waals surface area contributed by atoms with Crippen molar-refractivity contribution < 1.29 is 9.18 Å². The molecule has 3 N–H and O–H groups in total. The second-order valence-electron chi connectivity index (χ2n) is 5.25. The molecule has 5 heteroatoms. The van der Waals surface area contributed by atoms with Crippen LogP contribution in [0.1, 0.15) is 19.4 Å². The third kappa shape index (κ3) is 3.23. The lowest BCUT2D eigenvalue weighted by Gasteiger charge is -2.26. The van der Waals surface area contributed by atoms with Crippen LogP contribution in [-0.2, 0) is 11.2 Å². The van der Waals surface area contributed by atoms with Crippen molar-refractivity contribution in [2.45, 2.75) is 32.4 Å². The number of hydrogen-bond donors (Lipinski definition) is 2. The quantitative estimate of drug-likeness (QED) is 0.836. The highest BCUT2D eigenvalue weighted by Gasteiger charge is 2.25. The van der Waals surface area contributed by atoms with E-state index >= 15 is 0 Å². The number of nitrogens with one attached hydrogen (secondary N) is 1. The van der Waals surface area contributed by atoms with E-state index in [1.165, 1.54) is 12.1 Å². The zero-order valence-corrected chi connectivity index (χ0v) is 11.3. The molecule has 0 radical (unpaired) electrons. The van der Waals surface area contributed by atoms with Gasteiger partial charge in [0.1, 0.15) is 11.9 Å². The molecule has 1 amide bonds. The molecule has 2 rings (SSSR count). The average Bonchev–Trinajstić information content (AvgIpc) is 2.70. The molecule has 1 heterocycles. The first-order valence-electron chi connectivity index (χ1n) is 6.56. The number of halogens is 1. The summed E-state index contributed by atoms with van der Waals surface area (Å²) in [6, 6.07) is 4.55. The Bertz CT molecular complexity index is 476. The van der Waals surface area contributed by atoms with E-state index in [0.717, 1.165) is 24.2 Å². The Hall–Kier alpha value is -1.62. The van der Waals surface area contributed by atoms with E-state index in [4.69, 9.17) is 5.73 Å². The number of hydrogen-bond acceptors (Lipinski definition) is 3. The monoisotopic (exact) mass is 265 g/mol. The van der Waals surface area contributed by atoms with E-state index in [9.17, 15) is 9.18 Å². The molecule has 1 aromatic carbocycles. The van der Waals surface area contributed by atoms with Crippen LogP contribution in [0.4, 0.5) is 10.1 Å². The first kappa shape index (κ1) is 13.8. The number of amides is 1. The highest BCUT2D eigenvalue weighted by molar-refractivity contribution is 5.81.